The van der Waals surface area contributed by atoms with Gasteiger partial charge in [0.15, 0.2) is 0 Å². The van der Waals surface area contributed by atoms with Crippen molar-refractivity contribution in [1.82, 2.24) is 4.98 Å². The first-order valence-electron chi connectivity index (χ1n) is 5.33. The molecule has 0 aliphatic rings. The Labute approximate surface area is 118 Å². The molecule has 98 valence electrons. The van der Waals surface area contributed by atoms with Crippen molar-refractivity contribution in [2.75, 3.05) is 0 Å². The number of hydrogen-bond donors (Lipinski definition) is 1. The van der Waals surface area contributed by atoms with Crippen LogP contribution < -0.4 is 0 Å². The maximum absolute atomic E-state index is 13.6. The van der Waals surface area contributed by atoms with E-state index in [1.165, 1.54) is 23.9 Å². The van der Waals surface area contributed by atoms with Crippen molar-refractivity contribution in [2.24, 2.45) is 0 Å². The van der Waals surface area contributed by atoms with Crippen LogP contribution in [0.3, 0.4) is 0 Å². The number of thioether (sulfide) groups is 1. The summed E-state index contributed by atoms with van der Waals surface area (Å²) in [6, 6.07) is 7.11. The van der Waals surface area contributed by atoms with Gasteiger partial charge in [-0.15, -0.1) is 11.8 Å². The first-order chi connectivity index (χ1) is 9.08. The first kappa shape index (κ1) is 13.8. The highest BCUT2D eigenvalue weighted by molar-refractivity contribution is 7.98. The van der Waals surface area contributed by atoms with Crippen molar-refractivity contribution in [3.8, 4) is 0 Å². The normalized spacial score (nSPS) is 10.4. The van der Waals surface area contributed by atoms with Crippen LogP contribution in [-0.4, -0.2) is 16.1 Å². The zero-order valence-electron chi connectivity index (χ0n) is 9.64. The molecule has 0 unspecified atom stereocenters. The Morgan fingerprint density at radius 3 is 2.89 bits per heavy atom. The van der Waals surface area contributed by atoms with Gasteiger partial charge in [0, 0.05) is 11.9 Å². The molecule has 1 heterocycles. The van der Waals surface area contributed by atoms with Crippen molar-refractivity contribution in [3.05, 3.63) is 58.5 Å². The molecule has 0 atom stereocenters. The van der Waals surface area contributed by atoms with Crippen LogP contribution in [0.4, 0.5) is 4.39 Å². The Kier molecular flexibility index (Phi) is 4.39. The molecule has 2 aromatic rings. The standard InChI is InChI=1S/C13H9ClFNO2S/c14-10-2-1-5-16-12(10)19-7-9-6-8(13(17)18)3-4-11(9)15/h1-6H,7H2,(H,17,18). The average molecular weight is 298 g/mol. The highest BCUT2D eigenvalue weighted by atomic mass is 35.5. The highest BCUT2D eigenvalue weighted by Gasteiger charge is 2.10. The SMILES string of the molecule is O=C(O)c1ccc(F)c(CSc2ncccc2Cl)c1. The number of benzene rings is 1. The Bertz CT molecular complexity index is 621. The summed E-state index contributed by atoms with van der Waals surface area (Å²) in [5, 5.41) is 9.94. The lowest BCUT2D eigenvalue weighted by Gasteiger charge is -2.05. The molecular formula is C13H9ClFNO2S. The van der Waals surface area contributed by atoms with Gasteiger partial charge in [0.1, 0.15) is 10.8 Å². The van der Waals surface area contributed by atoms with E-state index in [9.17, 15) is 9.18 Å². The Morgan fingerprint density at radius 1 is 1.42 bits per heavy atom. The molecule has 0 saturated heterocycles. The van der Waals surface area contributed by atoms with E-state index in [0.29, 0.717) is 15.6 Å². The molecule has 0 spiro atoms. The first-order valence-corrected chi connectivity index (χ1v) is 6.69. The van der Waals surface area contributed by atoms with Gasteiger partial charge in [-0.1, -0.05) is 11.6 Å². The van der Waals surface area contributed by atoms with E-state index in [2.05, 4.69) is 4.98 Å². The molecule has 0 aliphatic heterocycles. The van der Waals surface area contributed by atoms with Crippen molar-refractivity contribution < 1.29 is 14.3 Å². The molecule has 0 bridgehead atoms. The van der Waals surface area contributed by atoms with Crippen LogP contribution in [0.1, 0.15) is 15.9 Å². The molecule has 0 amide bonds. The number of rotatable bonds is 4. The fraction of sp³-hybridized carbons (Fsp3) is 0.0769. The minimum atomic E-state index is -1.08. The summed E-state index contributed by atoms with van der Waals surface area (Å²) in [7, 11) is 0. The second-order valence-corrected chi connectivity index (χ2v) is 5.06. The molecule has 0 fully saturated rings. The summed E-state index contributed by atoms with van der Waals surface area (Å²) >= 11 is 7.20. The summed E-state index contributed by atoms with van der Waals surface area (Å²) in [5.74, 6) is -1.25. The predicted molar refractivity (Wildman–Crippen MR) is 72.2 cm³/mol. The number of halogens is 2. The zero-order valence-corrected chi connectivity index (χ0v) is 11.2. The molecule has 1 N–H and O–H groups in total. The summed E-state index contributed by atoms with van der Waals surface area (Å²) in [4.78, 5) is 14.9. The van der Waals surface area contributed by atoms with Crippen molar-refractivity contribution in [1.29, 1.82) is 0 Å². The average Bonchev–Trinajstić information content (AvgIpc) is 2.39. The van der Waals surface area contributed by atoms with E-state index < -0.39 is 11.8 Å². The van der Waals surface area contributed by atoms with E-state index in [0.717, 1.165) is 6.07 Å². The smallest absolute Gasteiger partial charge is 0.335 e. The molecule has 1 aromatic carbocycles. The van der Waals surface area contributed by atoms with Crippen LogP contribution in [0.15, 0.2) is 41.6 Å². The maximum atomic E-state index is 13.6. The lowest BCUT2D eigenvalue weighted by Crippen LogP contribution is -1.99. The number of aromatic carboxylic acids is 1. The fourth-order valence-corrected chi connectivity index (χ4v) is 2.58. The number of aromatic nitrogens is 1. The van der Waals surface area contributed by atoms with Gasteiger partial charge in [0.25, 0.3) is 0 Å². The molecule has 2 rings (SSSR count). The highest BCUT2D eigenvalue weighted by Crippen LogP contribution is 2.28. The largest absolute Gasteiger partial charge is 0.478 e. The number of carbonyl (C=O) groups is 1. The summed E-state index contributed by atoms with van der Waals surface area (Å²) in [5.41, 5.74) is 0.371. The van der Waals surface area contributed by atoms with E-state index >= 15 is 0 Å². The van der Waals surface area contributed by atoms with Crippen molar-refractivity contribution in [2.45, 2.75) is 10.8 Å². The maximum Gasteiger partial charge on any atom is 0.335 e. The van der Waals surface area contributed by atoms with Gasteiger partial charge in [0.05, 0.1) is 10.6 Å². The van der Waals surface area contributed by atoms with Gasteiger partial charge < -0.3 is 5.11 Å². The molecular weight excluding hydrogens is 289 g/mol. The second kappa shape index (κ2) is 6.04. The van der Waals surface area contributed by atoms with Crippen LogP contribution in [0.2, 0.25) is 5.02 Å². The van der Waals surface area contributed by atoms with Gasteiger partial charge in [0.2, 0.25) is 0 Å². The fourth-order valence-electron chi connectivity index (χ4n) is 1.44. The molecule has 0 radical (unpaired) electrons. The molecule has 6 heteroatoms. The van der Waals surface area contributed by atoms with Crippen LogP contribution in [0.5, 0.6) is 0 Å². The number of carboxylic acid groups (broad SMARTS) is 1. The molecule has 1 aromatic heterocycles. The van der Waals surface area contributed by atoms with Crippen molar-refractivity contribution in [3.63, 3.8) is 0 Å². The zero-order chi connectivity index (χ0) is 13.8. The topological polar surface area (TPSA) is 50.2 Å². The van der Waals surface area contributed by atoms with Gasteiger partial charge in [-0.25, -0.2) is 14.2 Å². The van der Waals surface area contributed by atoms with Gasteiger partial charge >= 0.3 is 5.97 Å². The molecule has 0 saturated carbocycles. The van der Waals surface area contributed by atoms with Crippen LogP contribution in [0, 0.1) is 5.82 Å². The lowest BCUT2D eigenvalue weighted by molar-refractivity contribution is 0.0696. The summed E-state index contributed by atoms with van der Waals surface area (Å²) in [6.07, 6.45) is 1.60. The van der Waals surface area contributed by atoms with Crippen LogP contribution in [0.25, 0.3) is 0 Å². The van der Waals surface area contributed by atoms with Gasteiger partial charge in [-0.05, 0) is 35.9 Å². The Hall–Kier alpha value is -1.59. The quantitative estimate of drug-likeness (QED) is 0.871. The predicted octanol–water partition coefficient (Wildman–Crippen LogP) is 3.86. The minimum absolute atomic E-state index is 0.0594. The number of nitrogens with zero attached hydrogens (tertiary/aromatic N) is 1. The summed E-state index contributed by atoms with van der Waals surface area (Å²) < 4.78 is 13.6. The van der Waals surface area contributed by atoms with E-state index in [-0.39, 0.29) is 11.3 Å². The molecule has 3 nitrogen and oxygen atoms in total. The van der Waals surface area contributed by atoms with Gasteiger partial charge in [-0.2, -0.15) is 0 Å². The van der Waals surface area contributed by atoms with Crippen molar-refractivity contribution >= 4 is 29.3 Å². The lowest BCUT2D eigenvalue weighted by atomic mass is 10.1. The third-order valence-corrected chi connectivity index (χ3v) is 3.85. The number of hydrogen-bond acceptors (Lipinski definition) is 3. The third kappa shape index (κ3) is 3.45. The molecule has 0 aliphatic carbocycles. The van der Waals surface area contributed by atoms with Crippen LogP contribution >= 0.6 is 23.4 Å². The third-order valence-electron chi connectivity index (χ3n) is 2.38. The van der Waals surface area contributed by atoms with Gasteiger partial charge in [-0.3, -0.25) is 0 Å². The van der Waals surface area contributed by atoms with E-state index in [1.54, 1.807) is 18.3 Å². The van der Waals surface area contributed by atoms with E-state index in [1.807, 2.05) is 0 Å². The monoisotopic (exact) mass is 297 g/mol. The molecule has 19 heavy (non-hydrogen) atoms. The Morgan fingerprint density at radius 2 is 2.21 bits per heavy atom. The Balaban J connectivity index is 2.17. The number of carboxylic acids is 1. The summed E-state index contributed by atoms with van der Waals surface area (Å²) in [6.45, 7) is 0. The number of pyridine rings is 1. The second-order valence-electron chi connectivity index (χ2n) is 3.69. The van der Waals surface area contributed by atoms with E-state index in [4.69, 9.17) is 16.7 Å². The van der Waals surface area contributed by atoms with Crippen LogP contribution in [-0.2, 0) is 5.75 Å². The minimum Gasteiger partial charge on any atom is -0.478 e.